The molecule has 0 aliphatic carbocycles. The average Bonchev–Trinajstić information content (AvgIpc) is 2.70. The summed E-state index contributed by atoms with van der Waals surface area (Å²) in [6, 6.07) is 3.22. The maximum atomic E-state index is 13.2. The number of aromatic nitrogens is 2. The van der Waals surface area contributed by atoms with Crippen LogP contribution in [0.2, 0.25) is 0 Å². The van der Waals surface area contributed by atoms with E-state index in [9.17, 15) is 13.6 Å². The zero-order valence-electron chi connectivity index (χ0n) is 8.00. The quantitative estimate of drug-likeness (QED) is 0.817. The molecule has 0 atom stereocenters. The Morgan fingerprint density at radius 3 is 2.56 bits per heavy atom. The molecule has 1 aromatic heterocycles. The molecule has 82 valence electrons. The van der Waals surface area contributed by atoms with E-state index in [0.29, 0.717) is 0 Å². The lowest BCUT2D eigenvalue weighted by molar-refractivity contribution is 0.101. The molecule has 0 fully saturated rings. The summed E-state index contributed by atoms with van der Waals surface area (Å²) in [6.07, 6.45) is 2.89. The van der Waals surface area contributed by atoms with E-state index in [1.165, 1.54) is 18.5 Å². The van der Waals surface area contributed by atoms with Crippen LogP contribution in [0.4, 0.5) is 14.7 Å². The van der Waals surface area contributed by atoms with Gasteiger partial charge in [-0.2, -0.15) is 0 Å². The number of H-pyrrole nitrogens is 1. The molecule has 1 amide bonds. The van der Waals surface area contributed by atoms with Crippen molar-refractivity contribution in [2.75, 3.05) is 5.32 Å². The lowest BCUT2D eigenvalue weighted by Gasteiger charge is -2.04. The second-order valence-corrected chi connectivity index (χ2v) is 2.99. The number of carbonyl (C=O) groups excluding carboxylic acids is 1. The SMILES string of the molecule is O=C(Nc1ncc[nH]1)c1c(F)cccc1F. The van der Waals surface area contributed by atoms with Gasteiger partial charge in [-0.25, -0.2) is 13.8 Å². The monoisotopic (exact) mass is 223 g/mol. The first-order chi connectivity index (χ1) is 7.68. The van der Waals surface area contributed by atoms with Gasteiger partial charge in [-0.3, -0.25) is 10.1 Å². The number of nitrogens with one attached hydrogen (secondary N) is 2. The molecule has 0 bridgehead atoms. The first kappa shape index (κ1) is 10.3. The van der Waals surface area contributed by atoms with Crippen molar-refractivity contribution in [3.05, 3.63) is 47.8 Å². The first-order valence-corrected chi connectivity index (χ1v) is 4.43. The van der Waals surface area contributed by atoms with Crippen molar-refractivity contribution in [3.8, 4) is 0 Å². The van der Waals surface area contributed by atoms with E-state index < -0.39 is 23.1 Å². The highest BCUT2D eigenvalue weighted by Crippen LogP contribution is 2.13. The summed E-state index contributed by atoms with van der Waals surface area (Å²) in [4.78, 5) is 17.8. The number of aromatic amines is 1. The number of benzene rings is 1. The van der Waals surface area contributed by atoms with Crippen LogP contribution in [0, 0.1) is 11.6 Å². The maximum Gasteiger partial charge on any atom is 0.263 e. The molecule has 0 aliphatic rings. The molecule has 0 aliphatic heterocycles. The Balaban J connectivity index is 2.28. The van der Waals surface area contributed by atoms with Crippen molar-refractivity contribution in [2.45, 2.75) is 0 Å². The molecule has 0 unspecified atom stereocenters. The molecular formula is C10H7F2N3O. The molecule has 1 heterocycles. The van der Waals surface area contributed by atoms with Gasteiger partial charge in [-0.05, 0) is 12.1 Å². The first-order valence-electron chi connectivity index (χ1n) is 4.43. The largest absolute Gasteiger partial charge is 0.331 e. The molecule has 0 saturated carbocycles. The van der Waals surface area contributed by atoms with Crippen molar-refractivity contribution in [3.63, 3.8) is 0 Å². The Kier molecular flexibility index (Phi) is 2.63. The molecule has 0 spiro atoms. The van der Waals surface area contributed by atoms with Gasteiger partial charge in [-0.15, -0.1) is 0 Å². The zero-order valence-corrected chi connectivity index (χ0v) is 8.00. The molecule has 2 N–H and O–H groups in total. The van der Waals surface area contributed by atoms with Crippen molar-refractivity contribution >= 4 is 11.9 Å². The number of halogens is 2. The topological polar surface area (TPSA) is 57.8 Å². The standard InChI is InChI=1S/C10H7F2N3O/c11-6-2-1-3-7(12)8(6)9(16)15-10-13-4-5-14-10/h1-5H,(H2,13,14,15,16). The van der Waals surface area contributed by atoms with Crippen LogP contribution in [0.15, 0.2) is 30.6 Å². The molecule has 2 rings (SSSR count). The van der Waals surface area contributed by atoms with E-state index in [0.717, 1.165) is 12.1 Å². The molecule has 0 saturated heterocycles. The molecule has 4 nitrogen and oxygen atoms in total. The summed E-state index contributed by atoms with van der Waals surface area (Å²) < 4.78 is 26.4. The minimum absolute atomic E-state index is 0.132. The fourth-order valence-corrected chi connectivity index (χ4v) is 1.22. The van der Waals surface area contributed by atoms with Gasteiger partial charge < -0.3 is 4.98 Å². The highest BCUT2D eigenvalue weighted by molar-refractivity contribution is 6.03. The van der Waals surface area contributed by atoms with E-state index in [1.54, 1.807) is 0 Å². The molecule has 16 heavy (non-hydrogen) atoms. The molecule has 6 heteroatoms. The molecule has 0 radical (unpaired) electrons. The molecular weight excluding hydrogens is 216 g/mol. The Bertz CT molecular complexity index is 491. The fraction of sp³-hybridized carbons (Fsp3) is 0. The van der Waals surface area contributed by atoms with Crippen LogP contribution in [0.1, 0.15) is 10.4 Å². The second kappa shape index (κ2) is 4.09. The number of nitrogens with zero attached hydrogens (tertiary/aromatic N) is 1. The lowest BCUT2D eigenvalue weighted by Crippen LogP contribution is -2.16. The Hall–Kier alpha value is -2.24. The lowest BCUT2D eigenvalue weighted by atomic mass is 10.2. The number of rotatable bonds is 2. The van der Waals surface area contributed by atoms with Crippen LogP contribution in [-0.2, 0) is 0 Å². The normalized spacial score (nSPS) is 10.1. The van der Waals surface area contributed by atoms with Gasteiger partial charge in [0.05, 0.1) is 0 Å². The smallest absolute Gasteiger partial charge is 0.263 e. The molecule has 2 aromatic rings. The third-order valence-corrected chi connectivity index (χ3v) is 1.92. The third-order valence-electron chi connectivity index (χ3n) is 1.92. The summed E-state index contributed by atoms with van der Waals surface area (Å²) in [7, 11) is 0. The van der Waals surface area contributed by atoms with Crippen LogP contribution < -0.4 is 5.32 Å². The summed E-state index contributed by atoms with van der Waals surface area (Å²) in [6.45, 7) is 0. The van der Waals surface area contributed by atoms with E-state index >= 15 is 0 Å². The van der Waals surface area contributed by atoms with Gasteiger partial charge in [0.2, 0.25) is 5.95 Å². The van der Waals surface area contributed by atoms with Gasteiger partial charge >= 0.3 is 0 Å². The number of imidazole rings is 1. The summed E-state index contributed by atoms with van der Waals surface area (Å²) in [5.74, 6) is -2.58. The van der Waals surface area contributed by atoms with Crippen LogP contribution in [-0.4, -0.2) is 15.9 Å². The predicted molar refractivity (Wildman–Crippen MR) is 52.9 cm³/mol. The summed E-state index contributed by atoms with van der Waals surface area (Å²) in [5.41, 5.74) is -0.626. The van der Waals surface area contributed by atoms with Gasteiger partial charge in [0.15, 0.2) is 0 Å². The van der Waals surface area contributed by atoms with Crippen LogP contribution >= 0.6 is 0 Å². The summed E-state index contributed by atoms with van der Waals surface area (Å²) in [5, 5.41) is 2.23. The average molecular weight is 223 g/mol. The van der Waals surface area contributed by atoms with Crippen LogP contribution in [0.5, 0.6) is 0 Å². The summed E-state index contributed by atoms with van der Waals surface area (Å²) >= 11 is 0. The number of amides is 1. The Labute approximate surface area is 89.3 Å². The van der Waals surface area contributed by atoms with Gasteiger partial charge in [0, 0.05) is 12.4 Å². The zero-order chi connectivity index (χ0) is 11.5. The van der Waals surface area contributed by atoms with Gasteiger partial charge in [0.25, 0.3) is 5.91 Å². The number of carbonyl (C=O) groups is 1. The predicted octanol–water partition coefficient (Wildman–Crippen LogP) is 1.94. The third kappa shape index (κ3) is 1.90. The number of hydrogen-bond acceptors (Lipinski definition) is 2. The minimum Gasteiger partial charge on any atom is -0.331 e. The van der Waals surface area contributed by atoms with Crippen LogP contribution in [0.25, 0.3) is 0 Å². The van der Waals surface area contributed by atoms with E-state index in [2.05, 4.69) is 15.3 Å². The highest BCUT2D eigenvalue weighted by Gasteiger charge is 2.17. The van der Waals surface area contributed by atoms with E-state index in [-0.39, 0.29) is 5.95 Å². The second-order valence-electron chi connectivity index (χ2n) is 2.99. The van der Waals surface area contributed by atoms with Crippen molar-refractivity contribution in [1.29, 1.82) is 0 Å². The Morgan fingerprint density at radius 1 is 1.31 bits per heavy atom. The molecule has 1 aromatic carbocycles. The minimum atomic E-state index is -0.913. The maximum absolute atomic E-state index is 13.2. The van der Waals surface area contributed by atoms with Crippen molar-refractivity contribution < 1.29 is 13.6 Å². The number of anilines is 1. The van der Waals surface area contributed by atoms with Crippen molar-refractivity contribution in [2.24, 2.45) is 0 Å². The van der Waals surface area contributed by atoms with Gasteiger partial charge in [0.1, 0.15) is 17.2 Å². The fourth-order valence-electron chi connectivity index (χ4n) is 1.22. The van der Waals surface area contributed by atoms with E-state index in [4.69, 9.17) is 0 Å². The number of hydrogen-bond donors (Lipinski definition) is 2. The van der Waals surface area contributed by atoms with Gasteiger partial charge in [-0.1, -0.05) is 6.07 Å². The highest BCUT2D eigenvalue weighted by atomic mass is 19.1. The van der Waals surface area contributed by atoms with E-state index in [1.807, 2.05) is 0 Å². The Morgan fingerprint density at radius 2 is 2.00 bits per heavy atom. The van der Waals surface area contributed by atoms with Crippen LogP contribution in [0.3, 0.4) is 0 Å². The van der Waals surface area contributed by atoms with Crippen molar-refractivity contribution in [1.82, 2.24) is 9.97 Å².